The van der Waals surface area contributed by atoms with Crippen LogP contribution in [0.1, 0.15) is 17.2 Å². The summed E-state index contributed by atoms with van der Waals surface area (Å²) >= 11 is 3.42. The zero-order valence-electron chi connectivity index (χ0n) is 10.6. The second-order valence-electron chi connectivity index (χ2n) is 4.29. The van der Waals surface area contributed by atoms with Gasteiger partial charge in [-0.25, -0.2) is 4.39 Å². The van der Waals surface area contributed by atoms with Gasteiger partial charge in [0.1, 0.15) is 11.6 Å². The SMILES string of the molecule is COc1ccc(Br)cc1CC(N)c1ccccc1F. The van der Waals surface area contributed by atoms with Crippen LogP contribution in [-0.4, -0.2) is 7.11 Å². The zero-order chi connectivity index (χ0) is 13.8. The average Bonchev–Trinajstić information content (AvgIpc) is 2.39. The van der Waals surface area contributed by atoms with Gasteiger partial charge >= 0.3 is 0 Å². The number of nitrogens with two attached hydrogens (primary N) is 1. The number of hydrogen-bond acceptors (Lipinski definition) is 2. The summed E-state index contributed by atoms with van der Waals surface area (Å²) in [6.45, 7) is 0. The summed E-state index contributed by atoms with van der Waals surface area (Å²) in [7, 11) is 1.61. The monoisotopic (exact) mass is 323 g/mol. The molecular formula is C15H15BrFNO. The molecule has 1 unspecified atom stereocenters. The van der Waals surface area contributed by atoms with E-state index in [2.05, 4.69) is 15.9 Å². The summed E-state index contributed by atoms with van der Waals surface area (Å²) < 4.78 is 19.9. The van der Waals surface area contributed by atoms with E-state index in [1.807, 2.05) is 18.2 Å². The Balaban J connectivity index is 2.26. The molecule has 4 heteroatoms. The normalized spacial score (nSPS) is 12.2. The van der Waals surface area contributed by atoms with E-state index in [0.29, 0.717) is 12.0 Å². The van der Waals surface area contributed by atoms with E-state index >= 15 is 0 Å². The Bertz CT molecular complexity index is 574. The maximum atomic E-state index is 13.7. The molecule has 2 nitrogen and oxygen atoms in total. The third kappa shape index (κ3) is 3.33. The third-order valence-corrected chi connectivity index (χ3v) is 3.48. The molecule has 0 spiro atoms. The molecule has 0 saturated carbocycles. The van der Waals surface area contributed by atoms with Crippen molar-refractivity contribution in [3.8, 4) is 5.75 Å². The highest BCUT2D eigenvalue weighted by Gasteiger charge is 2.14. The maximum Gasteiger partial charge on any atom is 0.127 e. The van der Waals surface area contributed by atoms with Crippen molar-refractivity contribution < 1.29 is 9.13 Å². The first-order chi connectivity index (χ1) is 9.11. The highest BCUT2D eigenvalue weighted by atomic mass is 79.9. The summed E-state index contributed by atoms with van der Waals surface area (Å²) in [5, 5.41) is 0. The molecule has 0 bridgehead atoms. The zero-order valence-corrected chi connectivity index (χ0v) is 12.2. The summed E-state index contributed by atoms with van der Waals surface area (Å²) in [5.74, 6) is 0.485. The van der Waals surface area contributed by atoms with Crippen LogP contribution in [0.25, 0.3) is 0 Å². The molecule has 0 aliphatic carbocycles. The summed E-state index contributed by atoms with van der Waals surface area (Å²) in [4.78, 5) is 0. The average molecular weight is 324 g/mol. The second-order valence-corrected chi connectivity index (χ2v) is 5.20. The van der Waals surface area contributed by atoms with E-state index in [1.54, 1.807) is 25.3 Å². The number of methoxy groups -OCH3 is 1. The lowest BCUT2D eigenvalue weighted by Crippen LogP contribution is -2.15. The van der Waals surface area contributed by atoms with Crippen LogP contribution in [0.3, 0.4) is 0 Å². The second kappa shape index (κ2) is 6.17. The Morgan fingerprint density at radius 1 is 1.26 bits per heavy atom. The molecule has 0 aliphatic rings. The molecule has 100 valence electrons. The fraction of sp³-hybridized carbons (Fsp3) is 0.200. The molecule has 2 rings (SSSR count). The first-order valence-electron chi connectivity index (χ1n) is 5.94. The molecule has 0 aliphatic heterocycles. The van der Waals surface area contributed by atoms with Crippen LogP contribution in [0.2, 0.25) is 0 Å². The number of rotatable bonds is 4. The Hall–Kier alpha value is -1.39. The van der Waals surface area contributed by atoms with Gasteiger partial charge in [-0.05, 0) is 36.2 Å². The van der Waals surface area contributed by atoms with Crippen LogP contribution in [0.5, 0.6) is 5.75 Å². The molecule has 0 aromatic heterocycles. The van der Waals surface area contributed by atoms with E-state index in [0.717, 1.165) is 15.8 Å². The fourth-order valence-electron chi connectivity index (χ4n) is 2.03. The first kappa shape index (κ1) is 14.0. The molecule has 0 fully saturated rings. The molecule has 0 saturated heterocycles. The summed E-state index contributed by atoms with van der Waals surface area (Å²) in [6.07, 6.45) is 0.517. The standard InChI is InChI=1S/C15H15BrFNO/c1-19-15-7-6-11(16)8-10(15)9-14(18)12-4-2-3-5-13(12)17/h2-8,14H,9,18H2,1H3. The van der Waals surface area contributed by atoms with Crippen molar-refractivity contribution in [2.45, 2.75) is 12.5 Å². The van der Waals surface area contributed by atoms with Crippen molar-refractivity contribution in [2.24, 2.45) is 5.73 Å². The van der Waals surface area contributed by atoms with Gasteiger partial charge in [-0.2, -0.15) is 0 Å². The van der Waals surface area contributed by atoms with Gasteiger partial charge in [-0.1, -0.05) is 34.1 Å². The van der Waals surface area contributed by atoms with Gasteiger partial charge in [0, 0.05) is 16.1 Å². The first-order valence-corrected chi connectivity index (χ1v) is 6.73. The van der Waals surface area contributed by atoms with E-state index in [4.69, 9.17) is 10.5 Å². The van der Waals surface area contributed by atoms with E-state index in [1.165, 1.54) is 6.07 Å². The molecule has 0 amide bonds. The van der Waals surface area contributed by atoms with Gasteiger partial charge in [0.05, 0.1) is 7.11 Å². The van der Waals surface area contributed by atoms with E-state index in [9.17, 15) is 4.39 Å². The number of benzene rings is 2. The lowest BCUT2D eigenvalue weighted by atomic mass is 9.99. The van der Waals surface area contributed by atoms with Gasteiger partial charge in [0.15, 0.2) is 0 Å². The van der Waals surface area contributed by atoms with Crippen LogP contribution < -0.4 is 10.5 Å². The smallest absolute Gasteiger partial charge is 0.127 e. The Labute approximate surface area is 120 Å². The molecule has 0 radical (unpaired) electrons. The highest BCUT2D eigenvalue weighted by molar-refractivity contribution is 9.10. The highest BCUT2D eigenvalue weighted by Crippen LogP contribution is 2.27. The minimum absolute atomic E-state index is 0.274. The lowest BCUT2D eigenvalue weighted by molar-refractivity contribution is 0.407. The largest absolute Gasteiger partial charge is 0.496 e. The molecule has 19 heavy (non-hydrogen) atoms. The van der Waals surface area contributed by atoms with Crippen LogP contribution in [0.15, 0.2) is 46.9 Å². The van der Waals surface area contributed by atoms with Crippen molar-refractivity contribution >= 4 is 15.9 Å². The number of hydrogen-bond donors (Lipinski definition) is 1. The number of halogens is 2. The van der Waals surface area contributed by atoms with Crippen molar-refractivity contribution in [3.63, 3.8) is 0 Å². The molecule has 1 atom stereocenters. The van der Waals surface area contributed by atoms with Gasteiger partial charge in [0.25, 0.3) is 0 Å². The lowest BCUT2D eigenvalue weighted by Gasteiger charge is -2.15. The van der Waals surface area contributed by atoms with Gasteiger partial charge < -0.3 is 10.5 Å². The van der Waals surface area contributed by atoms with E-state index in [-0.39, 0.29) is 5.82 Å². The maximum absolute atomic E-state index is 13.7. The predicted molar refractivity (Wildman–Crippen MR) is 77.7 cm³/mol. The molecule has 0 heterocycles. The van der Waals surface area contributed by atoms with Crippen molar-refractivity contribution in [3.05, 3.63) is 63.9 Å². The Kier molecular flexibility index (Phi) is 4.56. The topological polar surface area (TPSA) is 35.2 Å². The molecule has 2 aromatic rings. The van der Waals surface area contributed by atoms with Crippen molar-refractivity contribution in [1.29, 1.82) is 0 Å². The van der Waals surface area contributed by atoms with Crippen LogP contribution >= 0.6 is 15.9 Å². The summed E-state index contributed by atoms with van der Waals surface area (Å²) in [5.41, 5.74) is 7.56. The van der Waals surface area contributed by atoms with Crippen molar-refractivity contribution in [2.75, 3.05) is 7.11 Å². The fourth-order valence-corrected chi connectivity index (χ4v) is 2.44. The quantitative estimate of drug-likeness (QED) is 0.927. The van der Waals surface area contributed by atoms with Gasteiger partial charge in [-0.15, -0.1) is 0 Å². The summed E-state index contributed by atoms with van der Waals surface area (Å²) in [6, 6.07) is 11.9. The Morgan fingerprint density at radius 2 is 2.00 bits per heavy atom. The van der Waals surface area contributed by atoms with Gasteiger partial charge in [-0.3, -0.25) is 0 Å². The van der Waals surface area contributed by atoms with Crippen LogP contribution in [0, 0.1) is 5.82 Å². The molecule has 2 aromatic carbocycles. The van der Waals surface area contributed by atoms with Crippen LogP contribution in [-0.2, 0) is 6.42 Å². The van der Waals surface area contributed by atoms with Gasteiger partial charge in [0.2, 0.25) is 0 Å². The minimum atomic E-state index is -0.399. The minimum Gasteiger partial charge on any atom is -0.496 e. The van der Waals surface area contributed by atoms with Crippen molar-refractivity contribution in [1.82, 2.24) is 0 Å². The molecular weight excluding hydrogens is 309 g/mol. The number of ether oxygens (including phenoxy) is 1. The molecule has 2 N–H and O–H groups in total. The predicted octanol–water partition coefficient (Wildman–Crippen LogP) is 3.84. The Morgan fingerprint density at radius 3 is 2.68 bits per heavy atom. The van der Waals surface area contributed by atoms with E-state index < -0.39 is 6.04 Å². The third-order valence-electron chi connectivity index (χ3n) is 2.99. The van der Waals surface area contributed by atoms with Crippen LogP contribution in [0.4, 0.5) is 4.39 Å².